The lowest BCUT2D eigenvalue weighted by Gasteiger charge is -2.34. The van der Waals surface area contributed by atoms with Crippen molar-refractivity contribution in [2.45, 2.75) is 37.5 Å². The first-order valence-electron chi connectivity index (χ1n) is 10.0. The van der Waals surface area contributed by atoms with Crippen LogP contribution < -0.4 is 16.0 Å². The smallest absolute Gasteiger partial charge is 0.416 e. The van der Waals surface area contributed by atoms with Gasteiger partial charge in [-0.15, -0.1) is 0 Å². The molecule has 1 spiro atoms. The summed E-state index contributed by atoms with van der Waals surface area (Å²) in [5, 5.41) is 2.53. The third-order valence-corrected chi connectivity index (χ3v) is 5.94. The van der Waals surface area contributed by atoms with Crippen molar-refractivity contribution in [2.75, 3.05) is 22.5 Å². The normalized spacial score (nSPS) is 23.6. The van der Waals surface area contributed by atoms with Crippen LogP contribution in [0.2, 0.25) is 0 Å². The highest BCUT2D eigenvalue weighted by Crippen LogP contribution is 2.41. The molecular weight excluding hydrogens is 411 g/mol. The summed E-state index contributed by atoms with van der Waals surface area (Å²) in [6.45, 7) is 0.408. The van der Waals surface area contributed by atoms with Crippen LogP contribution in [0.25, 0.3) is 0 Å². The van der Waals surface area contributed by atoms with Gasteiger partial charge in [0, 0.05) is 11.6 Å². The van der Waals surface area contributed by atoms with E-state index < -0.39 is 29.4 Å². The second-order valence-electron chi connectivity index (χ2n) is 8.04. The Balaban J connectivity index is 1.39. The van der Waals surface area contributed by atoms with Crippen molar-refractivity contribution in [3.05, 3.63) is 54.1 Å². The highest BCUT2D eigenvalue weighted by molar-refractivity contribution is 5.95. The van der Waals surface area contributed by atoms with Gasteiger partial charge in [0.25, 0.3) is 0 Å². The predicted molar refractivity (Wildman–Crippen MR) is 109 cm³/mol. The molecule has 2 aromatic rings. The zero-order valence-corrected chi connectivity index (χ0v) is 16.6. The maximum atomic E-state index is 12.9. The molecule has 0 unspecified atom stereocenters. The Bertz CT molecular complexity index is 986. The molecule has 1 aliphatic heterocycles. The zero-order chi connectivity index (χ0) is 22.2. The van der Waals surface area contributed by atoms with Gasteiger partial charge in [-0.1, -0.05) is 18.2 Å². The number of benzene rings is 2. The third kappa shape index (κ3) is 4.30. The Morgan fingerprint density at radius 2 is 1.81 bits per heavy atom. The van der Waals surface area contributed by atoms with Crippen LogP contribution in [0.3, 0.4) is 0 Å². The van der Waals surface area contributed by atoms with Crippen LogP contribution in [-0.2, 0) is 15.7 Å². The van der Waals surface area contributed by atoms with Crippen molar-refractivity contribution in [1.29, 1.82) is 0 Å². The molecule has 2 aromatic carbocycles. The van der Waals surface area contributed by atoms with Gasteiger partial charge in [0.1, 0.15) is 5.60 Å². The van der Waals surface area contributed by atoms with E-state index in [4.69, 9.17) is 10.5 Å². The number of para-hydroxylation sites is 1. The lowest BCUT2D eigenvalue weighted by molar-refractivity contribution is -0.137. The van der Waals surface area contributed by atoms with E-state index in [0.717, 1.165) is 23.9 Å². The maximum absolute atomic E-state index is 12.9. The van der Waals surface area contributed by atoms with Crippen LogP contribution in [0.1, 0.15) is 31.2 Å². The van der Waals surface area contributed by atoms with Gasteiger partial charge in [-0.25, -0.2) is 4.79 Å². The summed E-state index contributed by atoms with van der Waals surface area (Å²) in [6.07, 6.45) is -3.02. The number of ether oxygens (including phenoxy) is 1. The number of nitrogens with one attached hydrogen (secondary N) is 1. The fourth-order valence-electron chi connectivity index (χ4n) is 4.17. The minimum Gasteiger partial charge on any atom is -0.441 e. The molecule has 6 nitrogen and oxygen atoms in total. The lowest BCUT2D eigenvalue weighted by Crippen LogP contribution is -2.41. The molecule has 0 aromatic heterocycles. The summed E-state index contributed by atoms with van der Waals surface area (Å²) in [5.74, 6) is -0.783. The highest BCUT2D eigenvalue weighted by Gasteiger charge is 2.48. The first-order valence-corrected chi connectivity index (χ1v) is 10.0. The van der Waals surface area contributed by atoms with E-state index in [-0.39, 0.29) is 17.3 Å². The molecule has 2 amide bonds. The molecule has 2 fully saturated rings. The van der Waals surface area contributed by atoms with E-state index in [1.807, 2.05) is 30.3 Å². The van der Waals surface area contributed by atoms with E-state index in [1.165, 1.54) is 0 Å². The van der Waals surface area contributed by atoms with Crippen molar-refractivity contribution in [2.24, 2.45) is 5.92 Å². The van der Waals surface area contributed by atoms with Crippen LogP contribution in [0, 0.1) is 5.92 Å². The van der Waals surface area contributed by atoms with Gasteiger partial charge in [-0.2, -0.15) is 13.2 Å². The molecule has 31 heavy (non-hydrogen) atoms. The Hall–Kier alpha value is -3.23. The minimum absolute atomic E-state index is 0.0531. The molecule has 164 valence electrons. The van der Waals surface area contributed by atoms with Gasteiger partial charge >= 0.3 is 12.3 Å². The van der Waals surface area contributed by atoms with E-state index in [9.17, 15) is 22.8 Å². The highest BCUT2D eigenvalue weighted by atomic mass is 19.4. The zero-order valence-electron chi connectivity index (χ0n) is 16.6. The monoisotopic (exact) mass is 433 g/mol. The largest absolute Gasteiger partial charge is 0.441 e. The molecule has 0 radical (unpaired) electrons. The number of carbonyl (C=O) groups is 2. The Labute approximate surface area is 177 Å². The van der Waals surface area contributed by atoms with Gasteiger partial charge in [0.05, 0.1) is 23.5 Å². The number of nitrogens with zero attached hydrogens (tertiary/aromatic N) is 1. The van der Waals surface area contributed by atoms with E-state index in [1.54, 1.807) is 4.90 Å². The molecule has 1 heterocycles. The second-order valence-corrected chi connectivity index (χ2v) is 8.04. The molecular formula is C22H22F3N3O3. The molecule has 1 aliphatic carbocycles. The second kappa shape index (κ2) is 7.79. The number of nitrogen functional groups attached to an aromatic ring is 1. The van der Waals surface area contributed by atoms with Crippen LogP contribution in [0.15, 0.2) is 48.5 Å². The first kappa shape index (κ1) is 21.0. The molecule has 9 heteroatoms. The van der Waals surface area contributed by atoms with Crippen molar-refractivity contribution >= 4 is 29.1 Å². The van der Waals surface area contributed by atoms with Gasteiger partial charge in [0.15, 0.2) is 0 Å². The topological polar surface area (TPSA) is 84.7 Å². The minimum atomic E-state index is -4.53. The van der Waals surface area contributed by atoms with Crippen LogP contribution in [0.4, 0.5) is 35.0 Å². The van der Waals surface area contributed by atoms with Crippen LogP contribution >= 0.6 is 0 Å². The first-order chi connectivity index (χ1) is 14.7. The molecule has 0 bridgehead atoms. The summed E-state index contributed by atoms with van der Waals surface area (Å²) in [4.78, 5) is 26.6. The molecule has 3 N–H and O–H groups in total. The maximum Gasteiger partial charge on any atom is 0.416 e. The standard InChI is InChI=1S/C22H22F3N3O3/c23-22(24,25)15-6-7-17(26)18(12-15)27-19(29)14-8-10-21(11-9-14)13-28(20(30)31-21)16-4-2-1-3-5-16/h1-7,12,14H,8-11,13,26H2,(H,27,29)/t14-,21-. The number of alkyl halides is 3. The quantitative estimate of drug-likeness (QED) is 0.681. The fourth-order valence-corrected chi connectivity index (χ4v) is 4.17. The predicted octanol–water partition coefficient (Wildman–Crippen LogP) is 4.81. The van der Waals surface area contributed by atoms with Crippen molar-refractivity contribution in [3.8, 4) is 0 Å². The SMILES string of the molecule is Nc1ccc(C(F)(F)F)cc1NC(=O)[C@H]1CC[C@]2(CC1)CN(c1ccccc1)C(=O)O2. The lowest BCUT2D eigenvalue weighted by atomic mass is 9.78. The van der Waals surface area contributed by atoms with E-state index >= 15 is 0 Å². The third-order valence-electron chi connectivity index (χ3n) is 5.94. The molecule has 0 atom stereocenters. The average Bonchev–Trinajstić information content (AvgIpc) is 3.05. The van der Waals surface area contributed by atoms with Crippen molar-refractivity contribution in [1.82, 2.24) is 0 Å². The van der Waals surface area contributed by atoms with Gasteiger partial charge in [-0.3, -0.25) is 9.69 Å². The number of rotatable bonds is 3. The summed E-state index contributed by atoms with van der Waals surface area (Å²) in [5.41, 5.74) is 4.98. The number of hydrogen-bond donors (Lipinski definition) is 2. The molecule has 1 saturated heterocycles. The van der Waals surface area contributed by atoms with E-state index in [2.05, 4.69) is 5.32 Å². The van der Waals surface area contributed by atoms with Crippen molar-refractivity contribution in [3.63, 3.8) is 0 Å². The average molecular weight is 433 g/mol. The number of carbonyl (C=O) groups excluding carboxylic acids is 2. The summed E-state index contributed by atoms with van der Waals surface area (Å²) < 4.78 is 44.5. The number of nitrogens with two attached hydrogens (primary N) is 1. The van der Waals surface area contributed by atoms with E-state index in [0.29, 0.717) is 32.2 Å². The fraction of sp³-hybridized carbons (Fsp3) is 0.364. The Morgan fingerprint density at radius 1 is 1.13 bits per heavy atom. The van der Waals surface area contributed by atoms with Crippen LogP contribution in [0.5, 0.6) is 0 Å². The molecule has 2 aliphatic rings. The number of anilines is 3. The van der Waals surface area contributed by atoms with Gasteiger partial charge < -0.3 is 15.8 Å². The Kier molecular flexibility index (Phi) is 5.28. The molecule has 4 rings (SSSR count). The number of amides is 2. The summed E-state index contributed by atoms with van der Waals surface area (Å²) in [7, 11) is 0. The van der Waals surface area contributed by atoms with Gasteiger partial charge in [-0.05, 0) is 56.0 Å². The number of hydrogen-bond acceptors (Lipinski definition) is 4. The summed E-state index contributed by atoms with van der Waals surface area (Å²) in [6, 6.07) is 12.1. The summed E-state index contributed by atoms with van der Waals surface area (Å²) >= 11 is 0. The van der Waals surface area contributed by atoms with Crippen molar-refractivity contribution < 1.29 is 27.5 Å². The Morgan fingerprint density at radius 3 is 2.45 bits per heavy atom. The van der Waals surface area contributed by atoms with Crippen LogP contribution in [-0.4, -0.2) is 24.1 Å². The number of halogens is 3. The molecule has 1 saturated carbocycles. The van der Waals surface area contributed by atoms with Gasteiger partial charge in [0.2, 0.25) is 5.91 Å².